The molecule has 154 valence electrons. The Morgan fingerprint density at radius 3 is 1.22 bits per heavy atom. The van der Waals surface area contributed by atoms with Crippen LogP contribution in [-0.2, 0) is 19.2 Å². The molecule has 3 rings (SSSR count). The molecule has 0 saturated carbocycles. The minimum atomic E-state index is 0.295. The third-order valence-corrected chi connectivity index (χ3v) is 4.96. The molecular weight excluding hydrogens is 408 g/mol. The van der Waals surface area contributed by atoms with Crippen molar-refractivity contribution in [3.05, 3.63) is 59.7 Å². The molecule has 0 saturated heterocycles. The van der Waals surface area contributed by atoms with Crippen molar-refractivity contribution >= 4 is 47.1 Å². The highest BCUT2D eigenvalue weighted by Gasteiger charge is 2.18. The van der Waals surface area contributed by atoms with Gasteiger partial charge in [0.25, 0.3) is 0 Å². The summed E-state index contributed by atoms with van der Waals surface area (Å²) in [7, 11) is 0. The monoisotopic (exact) mass is 422 g/mol. The van der Waals surface area contributed by atoms with E-state index in [-0.39, 0.29) is 0 Å². The zero-order valence-electron chi connectivity index (χ0n) is 17.0. The summed E-state index contributed by atoms with van der Waals surface area (Å²) in [6, 6.07) is 13.8. The van der Waals surface area contributed by atoms with Crippen molar-refractivity contribution in [3.63, 3.8) is 0 Å². The molecule has 3 aromatic rings. The van der Waals surface area contributed by atoms with Crippen molar-refractivity contribution in [2.24, 2.45) is 20.0 Å². The Bertz CT molecular complexity index is 1310. The van der Waals surface area contributed by atoms with Gasteiger partial charge in [0.15, 0.2) is 0 Å². The third-order valence-electron chi connectivity index (χ3n) is 4.96. The van der Waals surface area contributed by atoms with Crippen LogP contribution >= 0.6 is 0 Å². The lowest BCUT2D eigenvalue weighted by atomic mass is 9.90. The van der Waals surface area contributed by atoms with E-state index in [4.69, 9.17) is 0 Å². The number of hydrogen-bond acceptors (Lipinski definition) is 8. The van der Waals surface area contributed by atoms with Gasteiger partial charge in [0, 0.05) is 22.3 Å². The molecule has 8 heteroatoms. The number of aliphatic imine (C=N–C) groups is 4. The van der Waals surface area contributed by atoms with Crippen LogP contribution in [0.15, 0.2) is 68.5 Å². The number of nitrogens with zero attached hydrogens (tertiary/aromatic N) is 4. The molecule has 0 amide bonds. The molecule has 3 aromatic carbocycles. The van der Waals surface area contributed by atoms with Crippen LogP contribution in [0.1, 0.15) is 11.1 Å². The molecule has 0 aliphatic carbocycles. The van der Waals surface area contributed by atoms with Gasteiger partial charge in [-0.2, -0.15) is 20.0 Å². The highest BCUT2D eigenvalue weighted by Crippen LogP contribution is 2.45. The molecule has 0 aromatic heterocycles. The fraction of sp³-hybridized carbons (Fsp3) is 0.0833. The Kier molecular flexibility index (Phi) is 6.69. The molecule has 0 aliphatic rings. The maximum atomic E-state index is 11.1. The summed E-state index contributed by atoms with van der Waals surface area (Å²) in [6.45, 7) is 3.36. The van der Waals surface area contributed by atoms with E-state index in [2.05, 4.69) is 20.0 Å². The first-order valence-corrected chi connectivity index (χ1v) is 9.25. The van der Waals surface area contributed by atoms with Gasteiger partial charge in [-0.15, -0.1) is 0 Å². The zero-order chi connectivity index (χ0) is 23.1. The first kappa shape index (κ1) is 21.9. The van der Waals surface area contributed by atoms with Crippen molar-refractivity contribution in [2.75, 3.05) is 0 Å². The van der Waals surface area contributed by atoms with Gasteiger partial charge in [0.1, 0.15) is 0 Å². The molecule has 32 heavy (non-hydrogen) atoms. The number of benzene rings is 3. The van der Waals surface area contributed by atoms with Crippen LogP contribution in [0.4, 0.5) is 22.7 Å². The first-order chi connectivity index (χ1) is 15.6. The smallest absolute Gasteiger partial charge is 0.211 e. The maximum absolute atomic E-state index is 11.1. The van der Waals surface area contributed by atoms with E-state index in [0.29, 0.717) is 56.1 Å². The van der Waals surface area contributed by atoms with Gasteiger partial charge in [-0.1, -0.05) is 24.3 Å². The number of carbonyl (C=O) groups excluding carboxylic acids is 4. The lowest BCUT2D eigenvalue weighted by Crippen LogP contribution is -1.90. The third kappa shape index (κ3) is 4.07. The molecule has 8 nitrogen and oxygen atoms in total. The fourth-order valence-corrected chi connectivity index (χ4v) is 3.49. The van der Waals surface area contributed by atoms with Crippen molar-refractivity contribution in [2.45, 2.75) is 13.8 Å². The van der Waals surface area contributed by atoms with Crippen LogP contribution in [0.5, 0.6) is 0 Å². The minimum absolute atomic E-state index is 0.295. The summed E-state index contributed by atoms with van der Waals surface area (Å²) in [4.78, 5) is 58.6. The van der Waals surface area contributed by atoms with Crippen LogP contribution < -0.4 is 0 Å². The lowest BCUT2D eigenvalue weighted by Gasteiger charge is -2.16. The van der Waals surface area contributed by atoms with Gasteiger partial charge in [-0.05, 0) is 49.2 Å². The lowest BCUT2D eigenvalue weighted by molar-refractivity contribution is 0.564. The second kappa shape index (κ2) is 9.79. The standard InChI is InChI=1S/C24H14N4O4/c1-15-21(25-11-29)9-7-19(23(15)27-13-31)17-5-3-4-6-18(17)20-8-10-22(26-12-30)16(2)24(20)28-14-32/h3-10H,1-2H3. The molecule has 0 N–H and O–H groups in total. The van der Waals surface area contributed by atoms with E-state index in [1.165, 1.54) is 12.2 Å². The van der Waals surface area contributed by atoms with E-state index in [9.17, 15) is 19.2 Å². The van der Waals surface area contributed by atoms with E-state index < -0.39 is 0 Å². The summed E-state index contributed by atoms with van der Waals surface area (Å²) in [5, 5.41) is 0. The summed E-state index contributed by atoms with van der Waals surface area (Å²) in [5.74, 6) is 0. The Hall–Kier alpha value is -4.82. The average molecular weight is 422 g/mol. The van der Waals surface area contributed by atoms with Gasteiger partial charge < -0.3 is 0 Å². The summed E-state index contributed by atoms with van der Waals surface area (Å²) < 4.78 is 0. The highest BCUT2D eigenvalue weighted by atomic mass is 16.1. The van der Waals surface area contributed by atoms with Crippen LogP contribution in [0.3, 0.4) is 0 Å². The molecule has 0 spiro atoms. The molecule has 0 fully saturated rings. The second-order valence-corrected chi connectivity index (χ2v) is 6.57. The van der Waals surface area contributed by atoms with Crippen molar-refractivity contribution in [1.29, 1.82) is 0 Å². The predicted molar refractivity (Wildman–Crippen MR) is 118 cm³/mol. The van der Waals surface area contributed by atoms with Gasteiger partial charge >= 0.3 is 0 Å². The Balaban J connectivity index is 2.39. The summed E-state index contributed by atoms with van der Waals surface area (Å²) >= 11 is 0. The molecule has 0 unspecified atom stereocenters. The summed E-state index contributed by atoms with van der Waals surface area (Å²) in [5.41, 5.74) is 4.77. The quantitative estimate of drug-likeness (QED) is 0.384. The normalized spacial score (nSPS) is 9.56. The van der Waals surface area contributed by atoms with Gasteiger partial charge in [-0.25, -0.2) is 19.2 Å². The van der Waals surface area contributed by atoms with Crippen molar-refractivity contribution in [3.8, 4) is 22.3 Å². The largest absolute Gasteiger partial charge is 0.240 e. The van der Waals surface area contributed by atoms with E-state index in [1.807, 2.05) is 12.1 Å². The topological polar surface area (TPSA) is 118 Å². The van der Waals surface area contributed by atoms with E-state index >= 15 is 0 Å². The summed E-state index contributed by atoms with van der Waals surface area (Å²) in [6.07, 6.45) is 6.05. The van der Waals surface area contributed by atoms with Crippen LogP contribution in [0.25, 0.3) is 22.3 Å². The Morgan fingerprint density at radius 2 is 0.875 bits per heavy atom. The Morgan fingerprint density at radius 1 is 0.500 bits per heavy atom. The van der Waals surface area contributed by atoms with Gasteiger partial charge in [0.2, 0.25) is 24.3 Å². The zero-order valence-corrected chi connectivity index (χ0v) is 17.0. The highest BCUT2D eigenvalue weighted by molar-refractivity contribution is 5.95. The van der Waals surface area contributed by atoms with Crippen LogP contribution in [0.2, 0.25) is 0 Å². The van der Waals surface area contributed by atoms with Gasteiger partial charge in [-0.3, -0.25) is 0 Å². The Labute approximate surface area is 182 Å². The number of rotatable bonds is 6. The fourth-order valence-electron chi connectivity index (χ4n) is 3.49. The predicted octanol–water partition coefficient (Wildman–Crippen LogP) is 5.51. The molecule has 0 bridgehead atoms. The van der Waals surface area contributed by atoms with Crippen LogP contribution in [-0.4, -0.2) is 24.3 Å². The molecular formula is C24H14N4O4. The minimum Gasteiger partial charge on any atom is -0.211 e. The molecule has 0 heterocycles. The van der Waals surface area contributed by atoms with Gasteiger partial charge in [0.05, 0.1) is 22.7 Å². The van der Waals surface area contributed by atoms with Crippen LogP contribution in [0, 0.1) is 13.8 Å². The van der Waals surface area contributed by atoms with E-state index in [1.54, 1.807) is 62.4 Å². The van der Waals surface area contributed by atoms with E-state index in [0.717, 1.165) is 0 Å². The SMILES string of the molecule is Cc1c(N=C=O)ccc(-c2ccccc2-c2ccc(N=C=O)c(C)c2N=C=O)c1N=C=O. The van der Waals surface area contributed by atoms with Crippen molar-refractivity contribution < 1.29 is 19.2 Å². The number of hydrogen-bond donors (Lipinski definition) is 0. The number of isocyanates is 4. The first-order valence-electron chi connectivity index (χ1n) is 9.25. The molecule has 0 aliphatic heterocycles. The molecule has 0 atom stereocenters. The molecule has 0 radical (unpaired) electrons. The maximum Gasteiger partial charge on any atom is 0.240 e. The average Bonchev–Trinajstić information content (AvgIpc) is 2.80. The van der Waals surface area contributed by atoms with Crippen molar-refractivity contribution in [1.82, 2.24) is 0 Å². The second-order valence-electron chi connectivity index (χ2n) is 6.57.